The van der Waals surface area contributed by atoms with Crippen molar-refractivity contribution in [3.63, 3.8) is 0 Å². The molecule has 1 aromatic carbocycles. The summed E-state index contributed by atoms with van der Waals surface area (Å²) in [5, 5.41) is 19.8. The molecule has 2 rings (SSSR count). The van der Waals surface area contributed by atoms with Gasteiger partial charge in [0.25, 0.3) is 5.69 Å². The first-order chi connectivity index (χ1) is 9.51. The molecule has 0 aliphatic rings. The zero-order chi connectivity index (χ0) is 14.7. The van der Waals surface area contributed by atoms with E-state index in [0.717, 1.165) is 14.9 Å². The first-order valence-electron chi connectivity index (χ1n) is 5.65. The molecule has 2 aromatic rings. The van der Waals surface area contributed by atoms with E-state index in [4.69, 9.17) is 16.9 Å². The summed E-state index contributed by atoms with van der Waals surface area (Å²) in [6, 6.07) is 10.1. The van der Waals surface area contributed by atoms with Gasteiger partial charge in [-0.25, -0.2) is 0 Å². The Bertz CT molecular complexity index is 693. The molecule has 1 heterocycles. The molecule has 0 spiro atoms. The van der Waals surface area contributed by atoms with Gasteiger partial charge in [0.1, 0.15) is 11.6 Å². The number of nitro benzene ring substituents is 1. The van der Waals surface area contributed by atoms with Gasteiger partial charge in [0.15, 0.2) is 0 Å². The molecule has 0 saturated heterocycles. The minimum Gasteiger partial charge on any atom is -0.369 e. The van der Waals surface area contributed by atoms with Crippen molar-refractivity contribution in [3.05, 3.63) is 55.2 Å². The Morgan fingerprint density at radius 3 is 2.75 bits per heavy atom. The molecule has 7 heteroatoms. The normalized spacial score (nSPS) is 10.1. The summed E-state index contributed by atoms with van der Waals surface area (Å²) in [5.41, 5.74) is 0.629. The van der Waals surface area contributed by atoms with Crippen LogP contribution in [0.2, 0.25) is 4.34 Å². The topological polar surface area (TPSA) is 70.2 Å². The highest BCUT2D eigenvalue weighted by Gasteiger charge is 2.15. The van der Waals surface area contributed by atoms with Gasteiger partial charge in [0.05, 0.1) is 15.8 Å². The van der Waals surface area contributed by atoms with Crippen molar-refractivity contribution >= 4 is 34.3 Å². The third-order valence-corrected chi connectivity index (χ3v) is 3.98. The summed E-state index contributed by atoms with van der Waals surface area (Å²) in [4.78, 5) is 13.2. The maximum absolute atomic E-state index is 10.8. The van der Waals surface area contributed by atoms with E-state index in [9.17, 15) is 10.1 Å². The number of rotatable bonds is 4. The number of nitriles is 1. The zero-order valence-corrected chi connectivity index (χ0v) is 12.1. The molecule has 5 nitrogen and oxygen atoms in total. The first-order valence-corrected chi connectivity index (χ1v) is 6.84. The van der Waals surface area contributed by atoms with Crippen molar-refractivity contribution in [2.75, 3.05) is 11.9 Å². The second-order valence-electron chi connectivity index (χ2n) is 4.13. The van der Waals surface area contributed by atoms with E-state index in [1.54, 1.807) is 6.07 Å². The number of nitro groups is 1. The lowest BCUT2D eigenvalue weighted by Gasteiger charge is -2.18. The molecule has 1 aromatic heterocycles. The van der Waals surface area contributed by atoms with Crippen molar-refractivity contribution in [2.24, 2.45) is 0 Å². The Hall–Kier alpha value is -2.10. The minimum atomic E-state index is -0.554. The molecule has 0 bridgehead atoms. The van der Waals surface area contributed by atoms with Crippen LogP contribution in [0.4, 0.5) is 11.4 Å². The van der Waals surface area contributed by atoms with Crippen molar-refractivity contribution in [2.45, 2.75) is 6.54 Å². The second kappa shape index (κ2) is 5.90. The Balaban J connectivity index is 2.24. The van der Waals surface area contributed by atoms with Crippen LogP contribution in [0.25, 0.3) is 0 Å². The summed E-state index contributed by atoms with van der Waals surface area (Å²) in [6.45, 7) is 0.625. The monoisotopic (exact) mass is 307 g/mol. The number of thiophene rings is 1. The number of anilines is 1. The highest BCUT2D eigenvalue weighted by Crippen LogP contribution is 2.27. The quantitative estimate of drug-likeness (QED) is 0.636. The van der Waals surface area contributed by atoms with E-state index in [2.05, 4.69) is 0 Å². The maximum atomic E-state index is 10.8. The molecule has 0 atom stereocenters. The van der Waals surface area contributed by atoms with E-state index < -0.39 is 4.92 Å². The summed E-state index contributed by atoms with van der Waals surface area (Å²) in [6.07, 6.45) is 0. The molecule has 0 aliphatic carbocycles. The third-order valence-electron chi connectivity index (χ3n) is 2.76. The molecule has 0 fully saturated rings. The fourth-order valence-electron chi connectivity index (χ4n) is 1.77. The lowest BCUT2D eigenvalue weighted by atomic mass is 10.1. The van der Waals surface area contributed by atoms with Gasteiger partial charge in [0.2, 0.25) is 0 Å². The van der Waals surface area contributed by atoms with Crippen molar-refractivity contribution in [3.8, 4) is 6.07 Å². The Kier molecular flexibility index (Phi) is 4.23. The molecule has 20 heavy (non-hydrogen) atoms. The fourth-order valence-corrected chi connectivity index (χ4v) is 2.91. The van der Waals surface area contributed by atoms with E-state index in [0.29, 0.717) is 6.54 Å². The summed E-state index contributed by atoms with van der Waals surface area (Å²) >= 11 is 7.35. The summed E-state index contributed by atoms with van der Waals surface area (Å²) < 4.78 is 0.717. The number of hydrogen-bond donors (Lipinski definition) is 0. The van der Waals surface area contributed by atoms with E-state index >= 15 is 0 Å². The zero-order valence-electron chi connectivity index (χ0n) is 10.5. The number of hydrogen-bond acceptors (Lipinski definition) is 5. The van der Waals surface area contributed by atoms with Crippen LogP contribution >= 0.6 is 22.9 Å². The van der Waals surface area contributed by atoms with Gasteiger partial charge in [0, 0.05) is 23.7 Å². The van der Waals surface area contributed by atoms with Crippen LogP contribution in [-0.4, -0.2) is 12.0 Å². The molecule has 0 saturated carbocycles. The highest BCUT2D eigenvalue weighted by atomic mass is 35.5. The number of benzene rings is 1. The highest BCUT2D eigenvalue weighted by molar-refractivity contribution is 7.16. The SMILES string of the molecule is CN(Cc1ccc(Cl)s1)c1ccc([N+](=O)[O-])c(C#N)c1. The predicted octanol–water partition coefficient (Wildman–Crippen LogP) is 3.82. The van der Waals surface area contributed by atoms with Crippen molar-refractivity contribution in [1.82, 2.24) is 0 Å². The smallest absolute Gasteiger partial charge is 0.287 e. The molecule has 102 valence electrons. The average Bonchev–Trinajstić information content (AvgIpc) is 2.83. The number of nitrogens with zero attached hydrogens (tertiary/aromatic N) is 3. The summed E-state index contributed by atoms with van der Waals surface area (Å²) in [5.74, 6) is 0. The molecular weight excluding hydrogens is 298 g/mol. The van der Waals surface area contributed by atoms with Gasteiger partial charge >= 0.3 is 0 Å². The largest absolute Gasteiger partial charge is 0.369 e. The van der Waals surface area contributed by atoms with Crippen molar-refractivity contribution in [1.29, 1.82) is 5.26 Å². The van der Waals surface area contributed by atoms with Crippen LogP contribution in [0.5, 0.6) is 0 Å². The minimum absolute atomic E-state index is 0.0589. The second-order valence-corrected chi connectivity index (χ2v) is 5.93. The molecular formula is C13H10ClN3O2S. The standard InChI is InChI=1S/C13H10ClN3O2S/c1-16(8-11-3-5-13(14)20-11)10-2-4-12(17(18)19)9(6-10)7-15/h2-6H,8H2,1H3. The van der Waals surface area contributed by atoms with Gasteiger partial charge in [-0.3, -0.25) is 10.1 Å². The fraction of sp³-hybridized carbons (Fsp3) is 0.154. The summed E-state index contributed by atoms with van der Waals surface area (Å²) in [7, 11) is 1.86. The molecule has 0 amide bonds. The third kappa shape index (κ3) is 3.07. The Morgan fingerprint density at radius 1 is 1.45 bits per heavy atom. The van der Waals surface area contributed by atoms with Crippen LogP contribution in [-0.2, 0) is 6.54 Å². The Labute approximate surface area is 124 Å². The van der Waals surface area contributed by atoms with E-state index in [1.807, 2.05) is 30.1 Å². The lowest BCUT2D eigenvalue weighted by Crippen LogP contribution is -2.15. The van der Waals surface area contributed by atoms with Crippen LogP contribution in [0.3, 0.4) is 0 Å². The van der Waals surface area contributed by atoms with Crippen LogP contribution in [0.15, 0.2) is 30.3 Å². The van der Waals surface area contributed by atoms with Gasteiger partial charge < -0.3 is 4.90 Å². The van der Waals surface area contributed by atoms with E-state index in [1.165, 1.54) is 23.5 Å². The predicted molar refractivity (Wildman–Crippen MR) is 79.2 cm³/mol. The number of halogens is 1. The van der Waals surface area contributed by atoms with E-state index in [-0.39, 0.29) is 11.3 Å². The molecule has 0 unspecified atom stereocenters. The first kappa shape index (κ1) is 14.3. The maximum Gasteiger partial charge on any atom is 0.287 e. The molecule has 0 radical (unpaired) electrons. The van der Waals surface area contributed by atoms with Gasteiger partial charge in [-0.05, 0) is 24.3 Å². The van der Waals surface area contributed by atoms with Crippen LogP contribution in [0, 0.1) is 21.4 Å². The van der Waals surface area contributed by atoms with Crippen LogP contribution in [0.1, 0.15) is 10.4 Å². The molecule has 0 aliphatic heterocycles. The molecule has 0 N–H and O–H groups in total. The van der Waals surface area contributed by atoms with Crippen LogP contribution < -0.4 is 4.90 Å². The van der Waals surface area contributed by atoms with Gasteiger partial charge in [-0.1, -0.05) is 11.6 Å². The van der Waals surface area contributed by atoms with Gasteiger partial charge in [-0.2, -0.15) is 5.26 Å². The average molecular weight is 308 g/mol. The lowest BCUT2D eigenvalue weighted by molar-refractivity contribution is -0.385. The van der Waals surface area contributed by atoms with Crippen molar-refractivity contribution < 1.29 is 4.92 Å². The van der Waals surface area contributed by atoms with Gasteiger partial charge in [-0.15, -0.1) is 11.3 Å². The Morgan fingerprint density at radius 2 is 2.20 bits per heavy atom.